The molecule has 0 saturated heterocycles. The monoisotopic (exact) mass is 470 g/mol. The number of aryl methyl sites for hydroxylation is 1. The van der Waals surface area contributed by atoms with Crippen molar-refractivity contribution in [2.75, 3.05) is 18.6 Å². The van der Waals surface area contributed by atoms with Crippen molar-refractivity contribution < 1.29 is 22.7 Å². The highest BCUT2D eigenvalue weighted by Gasteiger charge is 2.41. The lowest BCUT2D eigenvalue weighted by Crippen LogP contribution is -2.27. The van der Waals surface area contributed by atoms with E-state index in [1.807, 2.05) is 13.0 Å². The van der Waals surface area contributed by atoms with Gasteiger partial charge in [0.1, 0.15) is 0 Å². The Balaban J connectivity index is 1.52. The van der Waals surface area contributed by atoms with Crippen LogP contribution in [0.3, 0.4) is 0 Å². The number of benzene rings is 1. The lowest BCUT2D eigenvalue weighted by Gasteiger charge is -2.22. The molecule has 11 heteroatoms. The van der Waals surface area contributed by atoms with E-state index >= 15 is 0 Å². The minimum Gasteiger partial charge on any atom is -0.376 e. The predicted octanol–water partition coefficient (Wildman–Crippen LogP) is 4.15. The molecule has 0 radical (unpaired) electrons. The Bertz CT molecular complexity index is 1410. The molecule has 0 fully saturated rings. The van der Waals surface area contributed by atoms with Crippen LogP contribution in [0.25, 0.3) is 11.3 Å². The number of ether oxygens (including phenoxy) is 1. The summed E-state index contributed by atoms with van der Waals surface area (Å²) in [6.07, 6.45) is -1.35. The summed E-state index contributed by atoms with van der Waals surface area (Å²) in [6.45, 7) is 3.77. The molecule has 0 N–H and O–H groups in total. The largest absolute Gasteiger partial charge is 0.435 e. The van der Waals surface area contributed by atoms with E-state index in [0.717, 1.165) is 5.69 Å². The Kier molecular flexibility index (Phi) is 5.16. The van der Waals surface area contributed by atoms with Crippen LogP contribution in [0.1, 0.15) is 45.8 Å². The molecule has 0 spiro atoms. The topological polar surface area (TPSA) is 77.5 Å². The van der Waals surface area contributed by atoms with Gasteiger partial charge in [0.2, 0.25) is 0 Å². The van der Waals surface area contributed by atoms with Crippen LogP contribution >= 0.6 is 0 Å². The van der Waals surface area contributed by atoms with E-state index in [1.165, 1.54) is 9.58 Å². The minimum atomic E-state index is -4.61. The predicted molar refractivity (Wildman–Crippen MR) is 117 cm³/mol. The lowest BCUT2D eigenvalue weighted by atomic mass is 10.00. The van der Waals surface area contributed by atoms with E-state index in [4.69, 9.17) is 4.74 Å². The Morgan fingerprint density at radius 2 is 2.03 bits per heavy atom. The van der Waals surface area contributed by atoms with E-state index in [9.17, 15) is 18.0 Å². The molecule has 8 nitrogen and oxygen atoms in total. The van der Waals surface area contributed by atoms with Crippen LogP contribution in [-0.4, -0.2) is 43.9 Å². The number of anilines is 1. The number of carbonyl (C=O) groups is 1. The summed E-state index contributed by atoms with van der Waals surface area (Å²) in [5, 5.41) is 8.20. The zero-order chi connectivity index (χ0) is 24.2. The van der Waals surface area contributed by atoms with Gasteiger partial charge in [0.05, 0.1) is 48.4 Å². The number of fused-ring (bicyclic) bond motifs is 2. The van der Waals surface area contributed by atoms with Gasteiger partial charge in [-0.2, -0.15) is 23.4 Å². The van der Waals surface area contributed by atoms with Crippen LogP contribution in [-0.2, 0) is 17.5 Å². The first kappa shape index (κ1) is 22.1. The number of hydrogen-bond donors (Lipinski definition) is 0. The van der Waals surface area contributed by atoms with Crippen molar-refractivity contribution in [3.05, 3.63) is 70.9 Å². The summed E-state index contributed by atoms with van der Waals surface area (Å²) in [6, 6.07) is 8.23. The molecule has 1 aliphatic rings. The standard InChI is InChI=1S/C23H21F3N6O2/c1-13-11-34-12-18-20(13)32(29-21(18)23(24,25)26)16-6-4-5-15(8-16)22(33)30(3)17-9-27-19-7-14(2)28-31(19)10-17/h4-10,13H,11-12H2,1-3H3. The molecule has 0 bridgehead atoms. The van der Waals surface area contributed by atoms with Gasteiger partial charge in [-0.15, -0.1) is 0 Å². The van der Waals surface area contributed by atoms with Crippen LogP contribution in [0.5, 0.6) is 0 Å². The van der Waals surface area contributed by atoms with Crippen molar-refractivity contribution in [1.82, 2.24) is 24.4 Å². The number of aromatic nitrogens is 5. The third-order valence-electron chi connectivity index (χ3n) is 5.82. The summed E-state index contributed by atoms with van der Waals surface area (Å²) in [5.41, 5.74) is 2.17. The van der Waals surface area contributed by atoms with Gasteiger partial charge < -0.3 is 9.64 Å². The number of amides is 1. The Morgan fingerprint density at radius 1 is 1.24 bits per heavy atom. The van der Waals surface area contributed by atoms with Gasteiger partial charge in [0, 0.05) is 30.2 Å². The second-order valence-electron chi connectivity index (χ2n) is 8.35. The molecule has 1 unspecified atom stereocenters. The van der Waals surface area contributed by atoms with Crippen molar-refractivity contribution in [3.8, 4) is 5.69 Å². The van der Waals surface area contributed by atoms with Crippen molar-refractivity contribution in [1.29, 1.82) is 0 Å². The Hall–Kier alpha value is -3.73. The molecule has 34 heavy (non-hydrogen) atoms. The van der Waals surface area contributed by atoms with E-state index in [2.05, 4.69) is 15.2 Å². The highest BCUT2D eigenvalue weighted by molar-refractivity contribution is 6.05. The van der Waals surface area contributed by atoms with Gasteiger partial charge in [-0.1, -0.05) is 13.0 Å². The molecule has 176 valence electrons. The Morgan fingerprint density at radius 3 is 2.79 bits per heavy atom. The van der Waals surface area contributed by atoms with Crippen molar-refractivity contribution in [3.63, 3.8) is 0 Å². The lowest BCUT2D eigenvalue weighted by molar-refractivity contribution is -0.142. The SMILES string of the molecule is Cc1cc2ncc(N(C)C(=O)c3cccc(-n4nc(C(F)(F)F)c5c4C(C)COC5)c3)cn2n1. The van der Waals surface area contributed by atoms with Gasteiger partial charge >= 0.3 is 6.18 Å². The van der Waals surface area contributed by atoms with E-state index in [-0.39, 0.29) is 24.0 Å². The van der Waals surface area contributed by atoms with Gasteiger partial charge in [0.25, 0.3) is 5.91 Å². The Labute approximate surface area is 192 Å². The molecule has 0 saturated carbocycles. The normalized spacial score (nSPS) is 16.0. The maximum atomic E-state index is 13.6. The molecule has 1 aliphatic heterocycles. The van der Waals surface area contributed by atoms with Gasteiger partial charge in [-0.25, -0.2) is 14.2 Å². The molecular weight excluding hydrogens is 449 g/mol. The van der Waals surface area contributed by atoms with Gasteiger partial charge in [-0.05, 0) is 25.1 Å². The zero-order valence-electron chi connectivity index (χ0n) is 18.7. The van der Waals surface area contributed by atoms with E-state index < -0.39 is 11.9 Å². The molecule has 1 amide bonds. The number of carbonyl (C=O) groups excluding carboxylic acids is 1. The summed E-state index contributed by atoms with van der Waals surface area (Å²) >= 11 is 0. The van der Waals surface area contributed by atoms with Crippen molar-refractivity contribution >= 4 is 17.2 Å². The fraction of sp³-hybridized carbons (Fsp3) is 0.304. The molecule has 1 aromatic carbocycles. The van der Waals surface area contributed by atoms with Crippen LogP contribution in [0.15, 0.2) is 42.7 Å². The number of alkyl halides is 3. The fourth-order valence-corrected chi connectivity index (χ4v) is 4.19. The van der Waals surface area contributed by atoms with Crippen LogP contribution < -0.4 is 4.90 Å². The van der Waals surface area contributed by atoms with Crippen LogP contribution in [0, 0.1) is 6.92 Å². The van der Waals surface area contributed by atoms with Crippen LogP contribution in [0.4, 0.5) is 18.9 Å². The molecule has 4 heterocycles. The summed E-state index contributed by atoms with van der Waals surface area (Å²) in [7, 11) is 1.60. The quantitative estimate of drug-likeness (QED) is 0.450. The third kappa shape index (κ3) is 3.71. The first-order valence-electron chi connectivity index (χ1n) is 10.6. The number of halogens is 3. The van der Waals surface area contributed by atoms with Crippen LogP contribution in [0.2, 0.25) is 0 Å². The number of nitrogens with zero attached hydrogens (tertiary/aromatic N) is 6. The molecule has 5 rings (SSSR count). The van der Waals surface area contributed by atoms with Gasteiger partial charge in [-0.3, -0.25) is 4.79 Å². The molecule has 0 aliphatic carbocycles. The molecular formula is C23H21F3N6O2. The molecule has 4 aromatic rings. The smallest absolute Gasteiger partial charge is 0.376 e. The first-order valence-corrected chi connectivity index (χ1v) is 10.6. The second-order valence-corrected chi connectivity index (χ2v) is 8.35. The molecule has 1 atom stereocenters. The summed E-state index contributed by atoms with van der Waals surface area (Å²) in [5.74, 6) is -0.634. The van der Waals surface area contributed by atoms with Gasteiger partial charge in [0.15, 0.2) is 11.3 Å². The maximum absolute atomic E-state index is 13.6. The van der Waals surface area contributed by atoms with E-state index in [0.29, 0.717) is 34.9 Å². The first-order chi connectivity index (χ1) is 16.1. The average Bonchev–Trinajstić information content (AvgIpc) is 3.38. The van der Waals surface area contributed by atoms with E-state index in [1.54, 1.807) is 55.1 Å². The van der Waals surface area contributed by atoms with Crippen molar-refractivity contribution in [2.24, 2.45) is 0 Å². The average molecular weight is 470 g/mol. The van der Waals surface area contributed by atoms with Crippen molar-refractivity contribution in [2.45, 2.75) is 32.5 Å². The summed E-state index contributed by atoms with van der Waals surface area (Å²) in [4.78, 5) is 19.0. The number of rotatable bonds is 3. The third-order valence-corrected chi connectivity index (χ3v) is 5.82. The maximum Gasteiger partial charge on any atom is 0.435 e. The fourth-order valence-electron chi connectivity index (χ4n) is 4.19. The number of hydrogen-bond acceptors (Lipinski definition) is 5. The second kappa shape index (κ2) is 7.94. The highest BCUT2D eigenvalue weighted by atomic mass is 19.4. The highest BCUT2D eigenvalue weighted by Crippen LogP contribution is 2.38. The summed E-state index contributed by atoms with van der Waals surface area (Å²) < 4.78 is 49.1. The zero-order valence-corrected chi connectivity index (χ0v) is 18.7. The minimum absolute atomic E-state index is 0.0361. The molecule has 3 aromatic heterocycles.